The zero-order valence-corrected chi connectivity index (χ0v) is 17.3. The number of amides is 1. The van der Waals surface area contributed by atoms with Gasteiger partial charge in [0, 0.05) is 5.69 Å². The van der Waals surface area contributed by atoms with E-state index in [0.717, 1.165) is 49.3 Å². The Morgan fingerprint density at radius 2 is 1.79 bits per heavy atom. The van der Waals surface area contributed by atoms with Crippen LogP contribution in [-0.2, 0) is 6.42 Å². The molecule has 2 aromatic carbocycles. The number of hydrogen-bond acceptors (Lipinski definition) is 4. The Morgan fingerprint density at radius 1 is 1.10 bits per heavy atom. The minimum Gasteiger partial charge on any atom is -0.320 e. The summed E-state index contributed by atoms with van der Waals surface area (Å²) >= 11 is 0. The summed E-state index contributed by atoms with van der Waals surface area (Å²) in [6.07, 6.45) is 2.77. The Hall–Kier alpha value is -2.70. The minimum absolute atomic E-state index is 0. The third-order valence-corrected chi connectivity index (χ3v) is 5.30. The van der Waals surface area contributed by atoms with Crippen LogP contribution >= 0.6 is 12.4 Å². The van der Waals surface area contributed by atoms with Crippen LogP contribution in [0, 0.1) is 6.92 Å². The fourth-order valence-electron chi connectivity index (χ4n) is 3.74. The van der Waals surface area contributed by atoms with E-state index in [9.17, 15) is 4.79 Å². The summed E-state index contributed by atoms with van der Waals surface area (Å²) in [7, 11) is 0. The minimum atomic E-state index is -0.210. The van der Waals surface area contributed by atoms with E-state index in [1.807, 2.05) is 54.1 Å². The molecule has 29 heavy (non-hydrogen) atoms. The van der Waals surface area contributed by atoms with Gasteiger partial charge in [-0.3, -0.25) is 4.79 Å². The molecule has 2 N–H and O–H groups in total. The van der Waals surface area contributed by atoms with Gasteiger partial charge in [-0.05, 0) is 56.5 Å². The topological polar surface area (TPSA) is 71.8 Å². The third kappa shape index (κ3) is 4.83. The lowest BCUT2D eigenvalue weighted by molar-refractivity contribution is 0.102. The van der Waals surface area contributed by atoms with Crippen LogP contribution in [0.1, 0.15) is 46.2 Å². The first-order valence-electron chi connectivity index (χ1n) is 9.78. The molecule has 4 rings (SSSR count). The SMILES string of the molecule is Cc1c(C(=O)Nc2ccccc2Cc2ccccc2)nnn1C1CCNCC1.Cl. The predicted molar refractivity (Wildman–Crippen MR) is 117 cm³/mol. The first kappa shape index (κ1) is 21.0. The van der Waals surface area contributed by atoms with Gasteiger partial charge in [-0.1, -0.05) is 53.7 Å². The molecule has 0 bridgehead atoms. The number of para-hydroxylation sites is 1. The standard InChI is InChI=1S/C22H25N5O.ClH/c1-16-21(25-26-27(16)19-11-13-23-14-12-19)22(28)24-20-10-6-5-9-18(20)15-17-7-3-2-4-8-17;/h2-10,19,23H,11-15H2,1H3,(H,24,28);1H. The van der Waals surface area contributed by atoms with Crippen molar-refractivity contribution in [3.8, 4) is 0 Å². The molecular weight excluding hydrogens is 386 g/mol. The van der Waals surface area contributed by atoms with Gasteiger partial charge in [0.05, 0.1) is 11.7 Å². The Balaban J connectivity index is 0.00000240. The Kier molecular flexibility index (Phi) is 7.01. The Labute approximate surface area is 177 Å². The highest BCUT2D eigenvalue weighted by atomic mass is 35.5. The Morgan fingerprint density at radius 3 is 2.55 bits per heavy atom. The van der Waals surface area contributed by atoms with Crippen LogP contribution in [0.3, 0.4) is 0 Å². The number of carbonyl (C=O) groups excluding carboxylic acids is 1. The molecule has 0 spiro atoms. The number of halogens is 1. The van der Waals surface area contributed by atoms with Gasteiger partial charge in [-0.15, -0.1) is 17.5 Å². The molecule has 152 valence electrons. The van der Waals surface area contributed by atoms with Crippen LogP contribution < -0.4 is 10.6 Å². The zero-order valence-electron chi connectivity index (χ0n) is 16.5. The molecule has 0 radical (unpaired) electrons. The summed E-state index contributed by atoms with van der Waals surface area (Å²) in [5.74, 6) is -0.210. The molecule has 1 amide bonds. The van der Waals surface area contributed by atoms with E-state index in [0.29, 0.717) is 11.7 Å². The largest absolute Gasteiger partial charge is 0.320 e. The monoisotopic (exact) mass is 411 g/mol. The first-order valence-corrected chi connectivity index (χ1v) is 9.78. The van der Waals surface area contributed by atoms with Gasteiger partial charge >= 0.3 is 0 Å². The van der Waals surface area contributed by atoms with Gasteiger partial charge in [0.1, 0.15) is 0 Å². The van der Waals surface area contributed by atoms with Gasteiger partial charge in [-0.2, -0.15) is 0 Å². The second-order valence-electron chi connectivity index (χ2n) is 7.22. The van der Waals surface area contributed by atoms with Crippen LogP contribution in [0.2, 0.25) is 0 Å². The van der Waals surface area contributed by atoms with Crippen LogP contribution in [0.15, 0.2) is 54.6 Å². The van der Waals surface area contributed by atoms with Gasteiger partial charge in [-0.25, -0.2) is 4.68 Å². The number of anilines is 1. The maximum absolute atomic E-state index is 12.9. The summed E-state index contributed by atoms with van der Waals surface area (Å²) in [5, 5.41) is 14.8. The average Bonchev–Trinajstić information content (AvgIpc) is 3.12. The number of nitrogens with one attached hydrogen (secondary N) is 2. The third-order valence-electron chi connectivity index (χ3n) is 5.30. The number of rotatable bonds is 5. The van der Waals surface area contributed by atoms with Gasteiger partial charge in [0.15, 0.2) is 5.69 Å². The molecule has 1 aromatic heterocycles. The van der Waals surface area contributed by atoms with Crippen molar-refractivity contribution in [2.45, 2.75) is 32.2 Å². The number of nitrogens with zero attached hydrogens (tertiary/aromatic N) is 3. The van der Waals surface area contributed by atoms with Crippen molar-refractivity contribution in [1.82, 2.24) is 20.3 Å². The number of piperidine rings is 1. The average molecular weight is 412 g/mol. The van der Waals surface area contributed by atoms with E-state index in [4.69, 9.17) is 0 Å². The van der Waals surface area contributed by atoms with Crippen molar-refractivity contribution in [1.29, 1.82) is 0 Å². The molecule has 3 aromatic rings. The van der Waals surface area contributed by atoms with E-state index >= 15 is 0 Å². The molecule has 0 unspecified atom stereocenters. The van der Waals surface area contributed by atoms with Crippen LogP contribution in [0.4, 0.5) is 5.69 Å². The molecule has 1 fully saturated rings. The van der Waals surface area contributed by atoms with Crippen molar-refractivity contribution in [2.75, 3.05) is 18.4 Å². The van der Waals surface area contributed by atoms with Gasteiger partial charge in [0.25, 0.3) is 5.91 Å². The van der Waals surface area contributed by atoms with Crippen LogP contribution in [0.25, 0.3) is 0 Å². The molecule has 1 aliphatic heterocycles. The number of aromatic nitrogens is 3. The molecule has 7 heteroatoms. The van der Waals surface area contributed by atoms with Crippen LogP contribution in [-0.4, -0.2) is 34.0 Å². The van der Waals surface area contributed by atoms with Crippen LogP contribution in [0.5, 0.6) is 0 Å². The highest BCUT2D eigenvalue weighted by Gasteiger charge is 2.23. The van der Waals surface area contributed by atoms with E-state index < -0.39 is 0 Å². The van der Waals surface area contributed by atoms with Crippen molar-refractivity contribution in [2.24, 2.45) is 0 Å². The highest BCUT2D eigenvalue weighted by molar-refractivity contribution is 6.03. The quantitative estimate of drug-likeness (QED) is 0.670. The maximum atomic E-state index is 12.9. The van der Waals surface area contributed by atoms with Crippen molar-refractivity contribution in [3.05, 3.63) is 77.1 Å². The number of hydrogen-bond donors (Lipinski definition) is 2. The smallest absolute Gasteiger partial charge is 0.278 e. The second kappa shape index (κ2) is 9.67. The number of benzene rings is 2. The molecule has 0 atom stereocenters. The summed E-state index contributed by atoms with van der Waals surface area (Å²) in [6.45, 7) is 3.86. The summed E-state index contributed by atoms with van der Waals surface area (Å²) < 4.78 is 1.91. The lowest BCUT2D eigenvalue weighted by Gasteiger charge is -2.23. The lowest BCUT2D eigenvalue weighted by Crippen LogP contribution is -2.30. The normalized spacial score (nSPS) is 14.2. The lowest BCUT2D eigenvalue weighted by atomic mass is 10.0. The molecule has 2 heterocycles. The summed E-state index contributed by atoms with van der Waals surface area (Å²) in [6, 6.07) is 18.4. The molecule has 1 saturated heterocycles. The fraction of sp³-hybridized carbons (Fsp3) is 0.318. The summed E-state index contributed by atoms with van der Waals surface area (Å²) in [5.41, 5.74) is 4.31. The van der Waals surface area contributed by atoms with E-state index in [2.05, 4.69) is 33.1 Å². The van der Waals surface area contributed by atoms with E-state index in [1.165, 1.54) is 5.56 Å². The molecule has 6 nitrogen and oxygen atoms in total. The predicted octanol–water partition coefficient (Wildman–Crippen LogP) is 3.78. The number of carbonyl (C=O) groups is 1. The maximum Gasteiger partial charge on any atom is 0.278 e. The highest BCUT2D eigenvalue weighted by Crippen LogP contribution is 2.22. The first-order chi connectivity index (χ1) is 13.7. The molecular formula is C22H26ClN5O. The van der Waals surface area contributed by atoms with Gasteiger partial charge in [0.2, 0.25) is 0 Å². The Bertz CT molecular complexity index is 951. The molecule has 0 aliphatic carbocycles. The second-order valence-corrected chi connectivity index (χ2v) is 7.22. The van der Waals surface area contributed by atoms with Crippen molar-refractivity contribution < 1.29 is 4.79 Å². The van der Waals surface area contributed by atoms with Gasteiger partial charge < -0.3 is 10.6 Å². The molecule has 0 saturated carbocycles. The van der Waals surface area contributed by atoms with Crippen molar-refractivity contribution >= 4 is 24.0 Å². The van der Waals surface area contributed by atoms with Crippen molar-refractivity contribution in [3.63, 3.8) is 0 Å². The fourth-order valence-corrected chi connectivity index (χ4v) is 3.74. The molecule has 1 aliphatic rings. The summed E-state index contributed by atoms with van der Waals surface area (Å²) in [4.78, 5) is 12.9. The van der Waals surface area contributed by atoms with E-state index in [1.54, 1.807) is 0 Å². The zero-order chi connectivity index (χ0) is 19.3. The van der Waals surface area contributed by atoms with E-state index in [-0.39, 0.29) is 18.3 Å².